The lowest BCUT2D eigenvalue weighted by Crippen LogP contribution is -2.26. The molecule has 3 nitrogen and oxygen atoms in total. The number of amides is 1. The van der Waals surface area contributed by atoms with Crippen molar-refractivity contribution in [2.45, 2.75) is 32.9 Å². The fraction of sp³-hybridized carbons (Fsp3) is 0.312. The highest BCUT2D eigenvalue weighted by Crippen LogP contribution is 2.20. The quantitative estimate of drug-likeness (QED) is 0.888. The second-order valence-corrected chi connectivity index (χ2v) is 6.29. The third-order valence-corrected chi connectivity index (χ3v) is 4.46. The molecule has 1 unspecified atom stereocenters. The average molecular weight is 288 g/mol. The van der Waals surface area contributed by atoms with E-state index in [0.29, 0.717) is 13.0 Å². The standard InChI is InChI=1S/C16H20N2OS/c1-11-8-14(20-12(11)2)10-18-16(19)9-15(17)13-6-4-3-5-7-13/h3-8,15H,9-10,17H2,1-2H3,(H,18,19). The summed E-state index contributed by atoms with van der Waals surface area (Å²) >= 11 is 1.73. The lowest BCUT2D eigenvalue weighted by Gasteiger charge is -2.11. The molecule has 0 aliphatic heterocycles. The van der Waals surface area contributed by atoms with Gasteiger partial charge < -0.3 is 11.1 Å². The molecule has 0 aliphatic carbocycles. The van der Waals surface area contributed by atoms with Crippen molar-refractivity contribution in [3.05, 3.63) is 57.3 Å². The van der Waals surface area contributed by atoms with Gasteiger partial charge in [-0.25, -0.2) is 0 Å². The average Bonchev–Trinajstić information content (AvgIpc) is 2.76. The van der Waals surface area contributed by atoms with Gasteiger partial charge in [0.1, 0.15) is 0 Å². The Hall–Kier alpha value is -1.65. The molecule has 20 heavy (non-hydrogen) atoms. The van der Waals surface area contributed by atoms with E-state index in [-0.39, 0.29) is 11.9 Å². The van der Waals surface area contributed by atoms with Gasteiger partial charge in [-0.15, -0.1) is 11.3 Å². The highest BCUT2D eigenvalue weighted by Gasteiger charge is 2.11. The maximum Gasteiger partial charge on any atom is 0.222 e. The van der Waals surface area contributed by atoms with E-state index in [1.54, 1.807) is 11.3 Å². The van der Waals surface area contributed by atoms with Crippen molar-refractivity contribution in [2.24, 2.45) is 5.73 Å². The first-order valence-electron chi connectivity index (χ1n) is 6.69. The summed E-state index contributed by atoms with van der Waals surface area (Å²) in [6.07, 6.45) is 0.313. The molecular weight excluding hydrogens is 268 g/mol. The van der Waals surface area contributed by atoms with E-state index >= 15 is 0 Å². The summed E-state index contributed by atoms with van der Waals surface area (Å²) in [5.41, 5.74) is 8.30. The monoisotopic (exact) mass is 288 g/mol. The fourth-order valence-electron chi connectivity index (χ4n) is 2.01. The predicted octanol–water partition coefficient (Wildman–Crippen LogP) is 3.07. The Bertz CT molecular complexity index is 558. The molecule has 0 radical (unpaired) electrons. The van der Waals surface area contributed by atoms with Gasteiger partial charge in [0, 0.05) is 22.2 Å². The van der Waals surface area contributed by atoms with Crippen molar-refractivity contribution >= 4 is 17.2 Å². The molecule has 0 saturated heterocycles. The number of benzene rings is 1. The van der Waals surface area contributed by atoms with Crippen LogP contribution in [0.15, 0.2) is 36.4 Å². The highest BCUT2D eigenvalue weighted by molar-refractivity contribution is 7.12. The summed E-state index contributed by atoms with van der Waals surface area (Å²) in [5.74, 6) is -0.00920. The zero-order valence-corrected chi connectivity index (χ0v) is 12.7. The number of carbonyl (C=O) groups is 1. The number of hydrogen-bond acceptors (Lipinski definition) is 3. The molecule has 0 fully saturated rings. The Labute approximate surface area is 123 Å². The molecule has 0 bridgehead atoms. The first-order chi connectivity index (χ1) is 9.56. The van der Waals surface area contributed by atoms with E-state index in [4.69, 9.17) is 5.73 Å². The Kier molecular flexibility index (Phi) is 4.93. The minimum Gasteiger partial charge on any atom is -0.351 e. The van der Waals surface area contributed by atoms with Crippen LogP contribution in [0, 0.1) is 13.8 Å². The Morgan fingerprint density at radius 3 is 2.60 bits per heavy atom. The number of nitrogens with two attached hydrogens (primary N) is 1. The van der Waals surface area contributed by atoms with E-state index in [1.165, 1.54) is 15.3 Å². The topological polar surface area (TPSA) is 55.1 Å². The summed E-state index contributed by atoms with van der Waals surface area (Å²) in [4.78, 5) is 14.4. The summed E-state index contributed by atoms with van der Waals surface area (Å²) in [6, 6.07) is 11.6. The molecule has 0 saturated carbocycles. The first kappa shape index (κ1) is 14.8. The van der Waals surface area contributed by atoms with Gasteiger partial charge in [-0.1, -0.05) is 30.3 Å². The van der Waals surface area contributed by atoms with Crippen LogP contribution in [-0.2, 0) is 11.3 Å². The molecule has 2 aromatic rings. The van der Waals surface area contributed by atoms with Gasteiger partial charge in [-0.2, -0.15) is 0 Å². The molecular formula is C16H20N2OS. The molecule has 1 aromatic carbocycles. The van der Waals surface area contributed by atoms with Gasteiger partial charge in [0.25, 0.3) is 0 Å². The van der Waals surface area contributed by atoms with Crippen LogP contribution in [0.1, 0.15) is 33.3 Å². The Morgan fingerprint density at radius 2 is 2.00 bits per heavy atom. The Morgan fingerprint density at radius 1 is 1.30 bits per heavy atom. The molecule has 0 aliphatic rings. The van der Waals surface area contributed by atoms with E-state index in [0.717, 1.165) is 5.56 Å². The molecule has 1 heterocycles. The van der Waals surface area contributed by atoms with Crippen molar-refractivity contribution < 1.29 is 4.79 Å². The van der Waals surface area contributed by atoms with Gasteiger partial charge in [0.2, 0.25) is 5.91 Å². The van der Waals surface area contributed by atoms with E-state index in [1.807, 2.05) is 30.3 Å². The summed E-state index contributed by atoms with van der Waals surface area (Å²) in [7, 11) is 0. The zero-order chi connectivity index (χ0) is 14.5. The zero-order valence-electron chi connectivity index (χ0n) is 11.8. The first-order valence-corrected chi connectivity index (χ1v) is 7.51. The third-order valence-electron chi connectivity index (χ3n) is 3.31. The molecule has 106 valence electrons. The van der Waals surface area contributed by atoms with Crippen molar-refractivity contribution in [3.63, 3.8) is 0 Å². The van der Waals surface area contributed by atoms with Crippen LogP contribution >= 0.6 is 11.3 Å². The molecule has 1 atom stereocenters. The molecule has 3 N–H and O–H groups in total. The lowest BCUT2D eigenvalue weighted by molar-refractivity contribution is -0.121. The van der Waals surface area contributed by atoms with Crippen LogP contribution < -0.4 is 11.1 Å². The molecule has 1 aromatic heterocycles. The minimum absolute atomic E-state index is 0.00920. The van der Waals surface area contributed by atoms with Gasteiger partial charge in [0.05, 0.1) is 6.54 Å². The lowest BCUT2D eigenvalue weighted by atomic mass is 10.0. The second kappa shape index (κ2) is 6.68. The van der Waals surface area contributed by atoms with Gasteiger partial charge in [-0.3, -0.25) is 4.79 Å². The van der Waals surface area contributed by atoms with E-state index < -0.39 is 0 Å². The van der Waals surface area contributed by atoms with Crippen LogP contribution in [0.2, 0.25) is 0 Å². The number of aryl methyl sites for hydroxylation is 2. The van der Waals surface area contributed by atoms with Gasteiger partial charge in [-0.05, 0) is 31.0 Å². The van der Waals surface area contributed by atoms with Crippen molar-refractivity contribution in [1.29, 1.82) is 0 Å². The fourth-order valence-corrected chi connectivity index (χ4v) is 3.01. The summed E-state index contributed by atoms with van der Waals surface area (Å²) in [6.45, 7) is 4.76. The molecule has 1 amide bonds. The SMILES string of the molecule is Cc1cc(CNC(=O)CC(N)c2ccccc2)sc1C. The van der Waals surface area contributed by atoms with Crippen LogP contribution in [0.25, 0.3) is 0 Å². The second-order valence-electron chi connectivity index (χ2n) is 4.95. The minimum atomic E-state index is -0.247. The Balaban J connectivity index is 1.84. The molecule has 2 rings (SSSR count). The molecule has 4 heteroatoms. The van der Waals surface area contributed by atoms with Crippen LogP contribution in [0.5, 0.6) is 0 Å². The van der Waals surface area contributed by atoms with E-state index in [9.17, 15) is 4.79 Å². The predicted molar refractivity (Wildman–Crippen MR) is 83.6 cm³/mol. The van der Waals surface area contributed by atoms with Gasteiger partial charge >= 0.3 is 0 Å². The number of hydrogen-bond donors (Lipinski definition) is 2. The van der Waals surface area contributed by atoms with Crippen LogP contribution in [0.4, 0.5) is 0 Å². The third kappa shape index (κ3) is 3.92. The number of rotatable bonds is 5. The van der Waals surface area contributed by atoms with Crippen molar-refractivity contribution in [2.75, 3.05) is 0 Å². The summed E-state index contributed by atoms with van der Waals surface area (Å²) in [5, 5.41) is 2.93. The maximum atomic E-state index is 11.9. The van der Waals surface area contributed by atoms with Gasteiger partial charge in [0.15, 0.2) is 0 Å². The number of carbonyl (C=O) groups excluding carboxylic acids is 1. The normalized spacial score (nSPS) is 12.2. The molecule has 0 spiro atoms. The number of thiophene rings is 1. The van der Waals surface area contributed by atoms with Crippen LogP contribution in [0.3, 0.4) is 0 Å². The summed E-state index contributed by atoms with van der Waals surface area (Å²) < 4.78 is 0. The van der Waals surface area contributed by atoms with E-state index in [2.05, 4.69) is 25.2 Å². The highest BCUT2D eigenvalue weighted by atomic mass is 32.1. The van der Waals surface area contributed by atoms with Crippen LogP contribution in [-0.4, -0.2) is 5.91 Å². The van der Waals surface area contributed by atoms with Crippen molar-refractivity contribution in [3.8, 4) is 0 Å². The smallest absolute Gasteiger partial charge is 0.222 e. The maximum absolute atomic E-state index is 11.9. The largest absolute Gasteiger partial charge is 0.351 e. The number of nitrogens with one attached hydrogen (secondary N) is 1. The van der Waals surface area contributed by atoms with Crippen molar-refractivity contribution in [1.82, 2.24) is 5.32 Å².